The fraction of sp³-hybridized carbons (Fsp3) is 0.333. The Hall–Kier alpha value is -3.28. The van der Waals surface area contributed by atoms with Crippen molar-refractivity contribution in [2.24, 2.45) is 0 Å². The zero-order valence-corrected chi connectivity index (χ0v) is 17.5. The van der Waals surface area contributed by atoms with E-state index in [-0.39, 0.29) is 11.5 Å². The van der Waals surface area contributed by atoms with Gasteiger partial charge < -0.3 is 9.84 Å². The largest absolute Gasteiger partial charge is 0.478 e. The predicted octanol–water partition coefficient (Wildman–Crippen LogP) is 5.05. The highest BCUT2D eigenvalue weighted by molar-refractivity contribution is 5.92. The first-order chi connectivity index (χ1) is 14.2. The van der Waals surface area contributed by atoms with E-state index in [1.807, 2.05) is 51.1 Å². The van der Waals surface area contributed by atoms with Crippen molar-refractivity contribution in [2.75, 3.05) is 0 Å². The third kappa shape index (κ3) is 5.63. The van der Waals surface area contributed by atoms with Crippen LogP contribution in [0.3, 0.4) is 0 Å². The number of ether oxygens (including phenoxy) is 1. The van der Waals surface area contributed by atoms with Crippen LogP contribution in [0, 0.1) is 0 Å². The Morgan fingerprint density at radius 1 is 0.967 bits per heavy atom. The van der Waals surface area contributed by atoms with E-state index in [0.29, 0.717) is 30.3 Å². The van der Waals surface area contributed by atoms with Gasteiger partial charge in [-0.2, -0.15) is 0 Å². The summed E-state index contributed by atoms with van der Waals surface area (Å²) in [5, 5.41) is 9.26. The van der Waals surface area contributed by atoms with Crippen LogP contribution in [0.4, 0.5) is 0 Å². The molecule has 0 aliphatic heterocycles. The number of nitrogens with zero attached hydrogens (tertiary/aromatic N) is 2. The Balaban J connectivity index is 1.82. The summed E-state index contributed by atoms with van der Waals surface area (Å²) in [6.45, 7) is 5.58. The zero-order chi connectivity index (χ0) is 21.7. The van der Waals surface area contributed by atoms with Crippen molar-refractivity contribution < 1.29 is 19.4 Å². The first kappa shape index (κ1) is 21.4. The van der Waals surface area contributed by atoms with Crippen LogP contribution in [0.5, 0.6) is 0 Å². The number of benzene rings is 2. The highest BCUT2D eigenvalue weighted by Crippen LogP contribution is 2.25. The number of aryl methyl sites for hydroxylation is 1. The smallest absolute Gasteiger partial charge is 0.335 e. The lowest BCUT2D eigenvalue weighted by Gasteiger charge is -2.19. The van der Waals surface area contributed by atoms with Gasteiger partial charge in [-0.15, -0.1) is 0 Å². The van der Waals surface area contributed by atoms with Gasteiger partial charge in [0.15, 0.2) is 0 Å². The minimum absolute atomic E-state index is 0.181. The number of carboxylic acids is 1. The van der Waals surface area contributed by atoms with Gasteiger partial charge in [-0.25, -0.2) is 14.8 Å². The van der Waals surface area contributed by atoms with Gasteiger partial charge in [0, 0.05) is 12.0 Å². The number of carboxylic acid groups (broad SMARTS) is 1. The molecule has 1 N–H and O–H groups in total. The third-order valence-electron chi connectivity index (χ3n) is 4.50. The van der Waals surface area contributed by atoms with Crippen LogP contribution in [0.1, 0.15) is 56.1 Å². The molecule has 0 fully saturated rings. The summed E-state index contributed by atoms with van der Waals surface area (Å²) in [4.78, 5) is 32.7. The average Bonchev–Trinajstić information content (AvgIpc) is 2.69. The molecule has 0 amide bonds. The summed E-state index contributed by atoms with van der Waals surface area (Å²) in [5.41, 5.74) is 3.41. The number of aromatic nitrogens is 2. The molecule has 0 aliphatic carbocycles. The second kappa shape index (κ2) is 9.03. The van der Waals surface area contributed by atoms with Crippen molar-refractivity contribution in [1.82, 2.24) is 9.97 Å². The SMILES string of the molecule is CC(C)(C)OC(=O)CCCCc1nc2ccc(C(=O)O)cc2nc1-c1ccccc1. The maximum Gasteiger partial charge on any atom is 0.335 e. The van der Waals surface area contributed by atoms with Crippen LogP contribution in [-0.2, 0) is 16.0 Å². The number of carbonyl (C=O) groups excluding carboxylic acids is 1. The number of hydrogen-bond acceptors (Lipinski definition) is 5. The molecule has 0 aliphatic rings. The summed E-state index contributed by atoms with van der Waals surface area (Å²) in [5.74, 6) is -1.19. The van der Waals surface area contributed by atoms with Gasteiger partial charge in [0.05, 0.1) is 28.0 Å². The summed E-state index contributed by atoms with van der Waals surface area (Å²) < 4.78 is 5.36. The van der Waals surface area contributed by atoms with Crippen LogP contribution in [0.15, 0.2) is 48.5 Å². The number of unbranched alkanes of at least 4 members (excludes halogenated alkanes) is 1. The number of aromatic carboxylic acids is 1. The molecule has 156 valence electrons. The third-order valence-corrected chi connectivity index (χ3v) is 4.50. The number of fused-ring (bicyclic) bond motifs is 1. The first-order valence-electron chi connectivity index (χ1n) is 10.0. The first-order valence-corrected chi connectivity index (χ1v) is 10.0. The highest BCUT2D eigenvalue weighted by Gasteiger charge is 2.16. The van der Waals surface area contributed by atoms with E-state index in [0.717, 1.165) is 23.4 Å². The van der Waals surface area contributed by atoms with Crippen LogP contribution in [0.2, 0.25) is 0 Å². The van der Waals surface area contributed by atoms with E-state index in [4.69, 9.17) is 14.7 Å². The van der Waals surface area contributed by atoms with E-state index in [1.54, 1.807) is 12.1 Å². The molecule has 0 bridgehead atoms. The Kier molecular flexibility index (Phi) is 6.45. The zero-order valence-electron chi connectivity index (χ0n) is 17.5. The molecule has 0 saturated heterocycles. The average molecular weight is 406 g/mol. The number of hydrogen-bond donors (Lipinski definition) is 1. The molecule has 0 radical (unpaired) electrons. The highest BCUT2D eigenvalue weighted by atomic mass is 16.6. The van der Waals surface area contributed by atoms with Crippen LogP contribution in [0.25, 0.3) is 22.3 Å². The van der Waals surface area contributed by atoms with Crippen molar-refractivity contribution in [1.29, 1.82) is 0 Å². The van der Waals surface area contributed by atoms with E-state index in [2.05, 4.69) is 0 Å². The quantitative estimate of drug-likeness (QED) is 0.436. The summed E-state index contributed by atoms with van der Waals surface area (Å²) >= 11 is 0. The lowest BCUT2D eigenvalue weighted by Crippen LogP contribution is -2.23. The molecule has 0 unspecified atom stereocenters. The van der Waals surface area contributed by atoms with Crippen molar-refractivity contribution >= 4 is 23.0 Å². The van der Waals surface area contributed by atoms with Gasteiger partial charge in [0.25, 0.3) is 0 Å². The Labute approximate surface area is 175 Å². The molecule has 30 heavy (non-hydrogen) atoms. The molecular weight excluding hydrogens is 380 g/mol. The van der Waals surface area contributed by atoms with Crippen molar-refractivity contribution in [3.8, 4) is 11.3 Å². The van der Waals surface area contributed by atoms with E-state index in [1.165, 1.54) is 6.07 Å². The Morgan fingerprint density at radius 2 is 1.70 bits per heavy atom. The Morgan fingerprint density at radius 3 is 2.37 bits per heavy atom. The molecule has 1 aromatic heterocycles. The molecule has 0 spiro atoms. The van der Waals surface area contributed by atoms with Crippen molar-refractivity contribution in [3.63, 3.8) is 0 Å². The molecular formula is C24H26N2O4. The standard InChI is InChI=1S/C24H26N2O4/c1-24(2,3)30-21(27)12-8-7-11-19-22(16-9-5-4-6-10-16)26-20-15-17(23(28)29)13-14-18(20)25-19/h4-6,9-10,13-15H,7-8,11-12H2,1-3H3,(H,28,29). The van der Waals surface area contributed by atoms with Gasteiger partial charge in [-0.1, -0.05) is 30.3 Å². The van der Waals surface area contributed by atoms with Crippen molar-refractivity contribution in [3.05, 3.63) is 59.8 Å². The molecule has 3 aromatic rings. The number of carbonyl (C=O) groups is 2. The molecule has 6 nitrogen and oxygen atoms in total. The Bertz CT molecular complexity index is 1060. The van der Waals surface area contributed by atoms with E-state index >= 15 is 0 Å². The summed E-state index contributed by atoms with van der Waals surface area (Å²) in [6, 6.07) is 14.5. The van der Waals surface area contributed by atoms with Crippen LogP contribution >= 0.6 is 0 Å². The minimum atomic E-state index is -0.994. The molecule has 0 atom stereocenters. The van der Waals surface area contributed by atoms with Gasteiger partial charge in [-0.3, -0.25) is 4.79 Å². The second-order valence-corrected chi connectivity index (χ2v) is 8.19. The maximum absolute atomic E-state index is 11.9. The molecule has 3 rings (SSSR count). The van der Waals surface area contributed by atoms with Gasteiger partial charge in [-0.05, 0) is 58.2 Å². The van der Waals surface area contributed by atoms with Gasteiger partial charge in [0.1, 0.15) is 5.60 Å². The molecule has 6 heteroatoms. The fourth-order valence-corrected chi connectivity index (χ4v) is 3.18. The fourth-order valence-electron chi connectivity index (χ4n) is 3.18. The van der Waals surface area contributed by atoms with Crippen LogP contribution in [-0.4, -0.2) is 32.6 Å². The maximum atomic E-state index is 11.9. The lowest BCUT2D eigenvalue weighted by molar-refractivity contribution is -0.154. The summed E-state index contributed by atoms with van der Waals surface area (Å²) in [6.07, 6.45) is 2.49. The van der Waals surface area contributed by atoms with Gasteiger partial charge in [0.2, 0.25) is 0 Å². The normalized spacial score (nSPS) is 11.4. The van der Waals surface area contributed by atoms with E-state index in [9.17, 15) is 14.7 Å². The molecule has 2 aromatic carbocycles. The monoisotopic (exact) mass is 406 g/mol. The van der Waals surface area contributed by atoms with Crippen LogP contribution < -0.4 is 0 Å². The van der Waals surface area contributed by atoms with Crippen molar-refractivity contribution in [2.45, 2.75) is 52.1 Å². The molecule has 1 heterocycles. The second-order valence-electron chi connectivity index (χ2n) is 8.19. The number of esters is 1. The minimum Gasteiger partial charge on any atom is -0.478 e. The lowest BCUT2D eigenvalue weighted by atomic mass is 10.0. The predicted molar refractivity (Wildman–Crippen MR) is 115 cm³/mol. The summed E-state index contributed by atoms with van der Waals surface area (Å²) in [7, 11) is 0. The topological polar surface area (TPSA) is 89.4 Å². The van der Waals surface area contributed by atoms with E-state index < -0.39 is 11.6 Å². The molecule has 0 saturated carbocycles. The van der Waals surface area contributed by atoms with Gasteiger partial charge >= 0.3 is 11.9 Å². The number of rotatable bonds is 7.